The number of aromatic nitrogens is 4. The summed E-state index contributed by atoms with van der Waals surface area (Å²) in [5, 5.41) is 18.7. The number of benzene rings is 1. The first-order chi connectivity index (χ1) is 15.7. The summed E-state index contributed by atoms with van der Waals surface area (Å²) in [4.78, 5) is 11.2. The number of rotatable bonds is 5. The lowest BCUT2D eigenvalue weighted by Crippen LogP contribution is -2.44. The Morgan fingerprint density at radius 3 is 2.78 bits per heavy atom. The van der Waals surface area contributed by atoms with E-state index < -0.39 is 0 Å². The number of methoxy groups -OCH3 is 1. The largest absolute Gasteiger partial charge is 0.467 e. The van der Waals surface area contributed by atoms with Gasteiger partial charge < -0.3 is 24.8 Å². The molecule has 9 heteroatoms. The van der Waals surface area contributed by atoms with Crippen LogP contribution >= 0.6 is 0 Å². The Morgan fingerprint density at radius 2 is 2.00 bits per heavy atom. The molecule has 0 aliphatic carbocycles. The first-order valence-corrected chi connectivity index (χ1v) is 11.3. The monoisotopic (exact) mass is 438 g/mol. The molecular weight excluding hydrogens is 408 g/mol. The standard InChI is InChI=1S/C23H30N6O3/c1-15-9-17-12-25-29(20(17)10-19(15)16-3-5-24-6-4-16)22-11-21(26-23(27-22)31-2)28-7-8-32-18(13-28)14-30/h9-12,16,18,24,30H,3-8,13-14H2,1-2H3. The number of hydrogen-bond acceptors (Lipinski definition) is 8. The van der Waals surface area contributed by atoms with Crippen molar-refractivity contribution >= 4 is 16.7 Å². The van der Waals surface area contributed by atoms with Crippen LogP contribution in [0.25, 0.3) is 16.7 Å². The molecular formula is C23H30N6O3. The van der Waals surface area contributed by atoms with Crippen molar-refractivity contribution in [3.63, 3.8) is 0 Å². The number of ether oxygens (including phenoxy) is 2. The summed E-state index contributed by atoms with van der Waals surface area (Å²) in [6, 6.07) is 6.72. The Morgan fingerprint density at radius 1 is 1.19 bits per heavy atom. The van der Waals surface area contributed by atoms with Gasteiger partial charge in [-0.3, -0.25) is 0 Å². The van der Waals surface area contributed by atoms with Crippen LogP contribution in [0.4, 0.5) is 5.82 Å². The predicted molar refractivity (Wildman–Crippen MR) is 122 cm³/mol. The van der Waals surface area contributed by atoms with E-state index in [0.29, 0.717) is 37.4 Å². The van der Waals surface area contributed by atoms with E-state index in [1.165, 1.54) is 11.1 Å². The number of aliphatic hydroxyl groups is 1. The molecule has 0 saturated carbocycles. The summed E-state index contributed by atoms with van der Waals surface area (Å²) in [6.45, 7) is 6.08. The number of aryl methyl sites for hydroxylation is 1. The predicted octanol–water partition coefficient (Wildman–Crippen LogP) is 1.80. The Labute approximate surface area is 187 Å². The van der Waals surface area contributed by atoms with E-state index in [4.69, 9.17) is 9.47 Å². The molecule has 0 bridgehead atoms. The fraction of sp³-hybridized carbons (Fsp3) is 0.522. The average Bonchev–Trinajstić information content (AvgIpc) is 3.26. The van der Waals surface area contributed by atoms with Crippen LogP contribution in [-0.4, -0.2) is 77.5 Å². The Balaban J connectivity index is 1.55. The second kappa shape index (κ2) is 9.01. The van der Waals surface area contributed by atoms with Gasteiger partial charge in [0.25, 0.3) is 0 Å². The molecule has 0 spiro atoms. The quantitative estimate of drug-likeness (QED) is 0.622. The number of fused-ring (bicyclic) bond motifs is 1. The molecule has 5 rings (SSSR count). The van der Waals surface area contributed by atoms with Gasteiger partial charge in [-0.15, -0.1) is 0 Å². The minimum absolute atomic E-state index is 0.0197. The fourth-order valence-corrected chi connectivity index (χ4v) is 4.76. The van der Waals surface area contributed by atoms with Crippen molar-refractivity contribution in [2.24, 2.45) is 0 Å². The highest BCUT2D eigenvalue weighted by Gasteiger charge is 2.23. The molecule has 32 heavy (non-hydrogen) atoms. The van der Waals surface area contributed by atoms with E-state index in [-0.39, 0.29) is 12.7 Å². The summed E-state index contributed by atoms with van der Waals surface area (Å²) in [6.07, 6.45) is 3.96. The first kappa shape index (κ1) is 21.1. The minimum atomic E-state index is -0.228. The number of nitrogens with zero attached hydrogens (tertiary/aromatic N) is 5. The van der Waals surface area contributed by atoms with Gasteiger partial charge in [-0.05, 0) is 62.0 Å². The summed E-state index contributed by atoms with van der Waals surface area (Å²) < 4.78 is 12.9. The van der Waals surface area contributed by atoms with Crippen molar-refractivity contribution < 1.29 is 14.6 Å². The van der Waals surface area contributed by atoms with Crippen LogP contribution in [0, 0.1) is 6.92 Å². The maximum Gasteiger partial charge on any atom is 0.320 e. The van der Waals surface area contributed by atoms with E-state index in [9.17, 15) is 5.11 Å². The minimum Gasteiger partial charge on any atom is -0.467 e. The van der Waals surface area contributed by atoms with Crippen molar-refractivity contribution in [1.82, 2.24) is 25.1 Å². The molecule has 2 fully saturated rings. The molecule has 2 aliphatic rings. The van der Waals surface area contributed by atoms with E-state index in [2.05, 4.69) is 44.3 Å². The molecule has 2 N–H and O–H groups in total. The maximum atomic E-state index is 9.51. The molecule has 4 heterocycles. The third-order valence-corrected chi connectivity index (χ3v) is 6.48. The number of nitrogens with one attached hydrogen (secondary N) is 1. The third-order valence-electron chi connectivity index (χ3n) is 6.48. The van der Waals surface area contributed by atoms with E-state index >= 15 is 0 Å². The van der Waals surface area contributed by atoms with Crippen molar-refractivity contribution in [3.8, 4) is 11.8 Å². The first-order valence-electron chi connectivity index (χ1n) is 11.3. The van der Waals surface area contributed by atoms with Gasteiger partial charge in [-0.1, -0.05) is 0 Å². The number of morpholine rings is 1. The molecule has 2 aliphatic heterocycles. The van der Waals surface area contributed by atoms with Crippen LogP contribution < -0.4 is 15.0 Å². The van der Waals surface area contributed by atoms with Gasteiger partial charge in [0.05, 0.1) is 38.1 Å². The van der Waals surface area contributed by atoms with Gasteiger partial charge in [0.15, 0.2) is 5.82 Å². The SMILES string of the molecule is COc1nc(N2CCOC(CO)C2)cc(-n2ncc3cc(C)c(C4CCNCC4)cc32)n1. The molecule has 3 aromatic rings. The highest BCUT2D eigenvalue weighted by atomic mass is 16.5. The lowest BCUT2D eigenvalue weighted by Gasteiger charge is -2.33. The normalized spacial score (nSPS) is 20.1. The van der Waals surface area contributed by atoms with Crippen LogP contribution in [0.1, 0.15) is 29.9 Å². The van der Waals surface area contributed by atoms with Gasteiger partial charge in [0.2, 0.25) is 0 Å². The van der Waals surface area contributed by atoms with E-state index in [1.807, 2.05) is 16.9 Å². The zero-order valence-corrected chi connectivity index (χ0v) is 18.6. The van der Waals surface area contributed by atoms with Crippen molar-refractivity contribution in [2.75, 3.05) is 51.4 Å². The van der Waals surface area contributed by atoms with Crippen LogP contribution in [-0.2, 0) is 4.74 Å². The Bertz CT molecular complexity index is 1090. The van der Waals surface area contributed by atoms with Gasteiger partial charge in [-0.25, -0.2) is 4.68 Å². The second-order valence-corrected chi connectivity index (χ2v) is 8.54. The van der Waals surface area contributed by atoms with Gasteiger partial charge >= 0.3 is 6.01 Å². The average molecular weight is 439 g/mol. The molecule has 2 saturated heterocycles. The maximum absolute atomic E-state index is 9.51. The molecule has 1 atom stereocenters. The van der Waals surface area contributed by atoms with Gasteiger partial charge in [0, 0.05) is 24.5 Å². The fourth-order valence-electron chi connectivity index (χ4n) is 4.76. The topological polar surface area (TPSA) is 97.6 Å². The molecule has 1 aromatic carbocycles. The van der Waals surface area contributed by atoms with Gasteiger partial charge in [0.1, 0.15) is 5.82 Å². The number of piperidine rings is 1. The lowest BCUT2D eigenvalue weighted by molar-refractivity contribution is 0.00333. The Kier molecular flexibility index (Phi) is 5.95. The molecule has 1 unspecified atom stereocenters. The number of anilines is 1. The highest BCUT2D eigenvalue weighted by Crippen LogP contribution is 2.32. The molecule has 2 aromatic heterocycles. The molecule has 170 valence electrons. The highest BCUT2D eigenvalue weighted by molar-refractivity contribution is 5.82. The zero-order chi connectivity index (χ0) is 22.1. The second-order valence-electron chi connectivity index (χ2n) is 8.54. The molecule has 0 radical (unpaired) electrons. The van der Waals surface area contributed by atoms with Crippen LogP contribution in [0.15, 0.2) is 24.4 Å². The summed E-state index contributed by atoms with van der Waals surface area (Å²) >= 11 is 0. The van der Waals surface area contributed by atoms with Crippen LogP contribution in [0.5, 0.6) is 6.01 Å². The Hall–Kier alpha value is -2.75. The smallest absolute Gasteiger partial charge is 0.320 e. The van der Waals surface area contributed by atoms with Crippen LogP contribution in [0.2, 0.25) is 0 Å². The number of hydrogen-bond donors (Lipinski definition) is 2. The zero-order valence-electron chi connectivity index (χ0n) is 18.6. The van der Waals surface area contributed by atoms with E-state index in [0.717, 1.165) is 42.7 Å². The van der Waals surface area contributed by atoms with Gasteiger partial charge in [-0.2, -0.15) is 15.1 Å². The summed E-state index contributed by atoms with van der Waals surface area (Å²) in [7, 11) is 1.57. The number of aliphatic hydroxyl groups excluding tert-OH is 1. The molecule has 9 nitrogen and oxygen atoms in total. The van der Waals surface area contributed by atoms with Crippen molar-refractivity contribution in [1.29, 1.82) is 0 Å². The lowest BCUT2D eigenvalue weighted by atomic mass is 9.87. The van der Waals surface area contributed by atoms with Crippen LogP contribution in [0.3, 0.4) is 0 Å². The summed E-state index contributed by atoms with van der Waals surface area (Å²) in [5.41, 5.74) is 3.74. The third kappa shape index (κ3) is 4.03. The molecule has 0 amide bonds. The van der Waals surface area contributed by atoms with Crippen molar-refractivity contribution in [3.05, 3.63) is 35.5 Å². The summed E-state index contributed by atoms with van der Waals surface area (Å²) in [5.74, 6) is 1.96. The van der Waals surface area contributed by atoms with E-state index in [1.54, 1.807) is 7.11 Å². The van der Waals surface area contributed by atoms with Crippen molar-refractivity contribution in [2.45, 2.75) is 31.8 Å².